The first-order valence-corrected chi connectivity index (χ1v) is 12.9. The van der Waals surface area contributed by atoms with Crippen molar-refractivity contribution in [1.82, 2.24) is 9.78 Å². The van der Waals surface area contributed by atoms with Crippen molar-refractivity contribution in [1.29, 1.82) is 0 Å². The zero-order valence-corrected chi connectivity index (χ0v) is 20.1. The van der Waals surface area contributed by atoms with Gasteiger partial charge in [-0.3, -0.25) is 0 Å². The lowest BCUT2D eigenvalue weighted by atomic mass is 9.58. The third kappa shape index (κ3) is 3.48. The van der Waals surface area contributed by atoms with E-state index in [9.17, 15) is 5.11 Å². The van der Waals surface area contributed by atoms with Crippen molar-refractivity contribution >= 4 is 27.5 Å². The van der Waals surface area contributed by atoms with Crippen LogP contribution in [0, 0.1) is 18.3 Å². The largest absolute Gasteiger partial charge is 0.388 e. The summed E-state index contributed by atoms with van der Waals surface area (Å²) in [6.45, 7) is 4.54. The van der Waals surface area contributed by atoms with Crippen LogP contribution in [0.4, 0.5) is 0 Å². The minimum atomic E-state index is -0.418. The molecule has 168 valence electrons. The molecule has 1 N–H and O–H groups in total. The number of aliphatic hydroxyl groups is 1. The van der Waals surface area contributed by atoms with Gasteiger partial charge < -0.3 is 5.11 Å². The lowest BCUT2D eigenvalue weighted by Gasteiger charge is -2.46. The Labute approximate surface area is 199 Å². The molecule has 3 atom stereocenters. The molecule has 6 rings (SSSR count). The molecule has 2 aromatic heterocycles. The number of aryl methyl sites for hydroxylation is 1. The Hall–Kier alpha value is -2.69. The number of rotatable bonds is 4. The third-order valence-corrected chi connectivity index (χ3v) is 9.03. The summed E-state index contributed by atoms with van der Waals surface area (Å²) in [4.78, 5) is 0. The van der Waals surface area contributed by atoms with Gasteiger partial charge in [-0.15, -0.1) is 11.3 Å². The van der Waals surface area contributed by atoms with E-state index in [0.29, 0.717) is 5.92 Å². The minimum Gasteiger partial charge on any atom is -0.388 e. The van der Waals surface area contributed by atoms with Gasteiger partial charge in [0.2, 0.25) is 0 Å². The second kappa shape index (κ2) is 7.96. The first kappa shape index (κ1) is 20.9. The molecule has 1 fully saturated rings. The second-order valence-corrected chi connectivity index (χ2v) is 11.0. The monoisotopic (exact) mass is 454 g/mol. The lowest BCUT2D eigenvalue weighted by Crippen LogP contribution is -2.38. The van der Waals surface area contributed by atoms with E-state index < -0.39 is 6.10 Å². The number of aliphatic hydroxyl groups excluding tert-OH is 1. The average molecular weight is 455 g/mol. The van der Waals surface area contributed by atoms with Crippen molar-refractivity contribution < 1.29 is 5.11 Å². The van der Waals surface area contributed by atoms with Crippen LogP contribution in [0.2, 0.25) is 0 Å². The Balaban J connectivity index is 1.31. The van der Waals surface area contributed by atoms with Gasteiger partial charge in [-0.1, -0.05) is 48.4 Å². The normalized spacial score (nSPS) is 23.1. The number of thiophene rings is 1. The van der Waals surface area contributed by atoms with Gasteiger partial charge >= 0.3 is 0 Å². The molecule has 2 aliphatic carbocycles. The number of aromatic nitrogens is 2. The van der Waals surface area contributed by atoms with Crippen molar-refractivity contribution in [3.05, 3.63) is 88.1 Å². The first-order valence-electron chi connectivity index (χ1n) is 12.0. The summed E-state index contributed by atoms with van der Waals surface area (Å²) in [6.07, 6.45) is 9.37. The predicted molar refractivity (Wildman–Crippen MR) is 137 cm³/mol. The maximum absolute atomic E-state index is 11.3. The number of nitrogens with zero attached hydrogens (tertiary/aromatic N) is 2. The van der Waals surface area contributed by atoms with E-state index in [0.717, 1.165) is 30.5 Å². The fourth-order valence-corrected chi connectivity index (χ4v) is 7.07. The van der Waals surface area contributed by atoms with Gasteiger partial charge in [0.1, 0.15) is 0 Å². The number of hydrogen-bond donors (Lipinski definition) is 1. The van der Waals surface area contributed by atoms with Crippen LogP contribution in [-0.2, 0) is 6.42 Å². The molecular weight excluding hydrogens is 424 g/mol. The standard InChI is InChI=1S/C29H30N2OS/c1-19-10-12-23(13-11-19)31-26-14-21-6-5-7-22(29(21,2)16-20(26)17-30-31)15-27(32)25-18-33-28-9-4-3-8-24(25)28/h3-4,8-14,17-18,22,27,32H,5-7,15-16H2,1-2H3/t22-,27+,29+/m1/s1. The summed E-state index contributed by atoms with van der Waals surface area (Å²) in [5.74, 6) is 0.460. The van der Waals surface area contributed by atoms with E-state index in [2.05, 4.69) is 84.7 Å². The van der Waals surface area contributed by atoms with Crippen LogP contribution < -0.4 is 0 Å². The SMILES string of the molecule is Cc1ccc(-n2ncc3c2C=C2CCC[C@H](C[C@H](O)c4csc5ccccc45)[C@@]2(C)C3)cc1. The first-order chi connectivity index (χ1) is 16.0. The molecule has 2 aliphatic rings. The Morgan fingerprint density at radius 1 is 1.18 bits per heavy atom. The number of benzene rings is 2. The topological polar surface area (TPSA) is 38.0 Å². The van der Waals surface area contributed by atoms with E-state index in [-0.39, 0.29) is 5.41 Å². The van der Waals surface area contributed by atoms with Crippen LogP contribution in [0.1, 0.15) is 61.1 Å². The summed E-state index contributed by atoms with van der Waals surface area (Å²) in [5.41, 5.74) is 7.65. The average Bonchev–Trinajstić information content (AvgIpc) is 3.42. The molecular formula is C29H30N2OS. The highest BCUT2D eigenvalue weighted by molar-refractivity contribution is 7.17. The van der Waals surface area contributed by atoms with E-state index >= 15 is 0 Å². The Morgan fingerprint density at radius 2 is 2.00 bits per heavy atom. The molecule has 4 aromatic rings. The van der Waals surface area contributed by atoms with E-state index in [4.69, 9.17) is 5.10 Å². The summed E-state index contributed by atoms with van der Waals surface area (Å²) >= 11 is 1.74. The highest BCUT2D eigenvalue weighted by Gasteiger charge is 2.44. The number of hydrogen-bond acceptors (Lipinski definition) is 3. The molecule has 0 amide bonds. The Kier molecular flexibility index (Phi) is 5.04. The van der Waals surface area contributed by atoms with Crippen molar-refractivity contribution in [3.63, 3.8) is 0 Å². The van der Waals surface area contributed by atoms with Gasteiger partial charge in [-0.05, 0) is 96.5 Å². The third-order valence-electron chi connectivity index (χ3n) is 8.04. The van der Waals surface area contributed by atoms with E-state index in [1.165, 1.54) is 45.3 Å². The van der Waals surface area contributed by atoms with Crippen molar-refractivity contribution in [2.24, 2.45) is 11.3 Å². The van der Waals surface area contributed by atoms with Crippen LogP contribution >= 0.6 is 11.3 Å². The molecule has 0 bridgehead atoms. The van der Waals surface area contributed by atoms with E-state index in [1.54, 1.807) is 11.3 Å². The van der Waals surface area contributed by atoms with Crippen molar-refractivity contribution in [3.8, 4) is 5.69 Å². The van der Waals surface area contributed by atoms with Crippen LogP contribution in [0.25, 0.3) is 21.8 Å². The van der Waals surface area contributed by atoms with Gasteiger partial charge in [0.15, 0.2) is 0 Å². The number of fused-ring (bicyclic) bond motifs is 3. The predicted octanol–water partition coefficient (Wildman–Crippen LogP) is 7.27. The zero-order chi connectivity index (χ0) is 22.6. The van der Waals surface area contributed by atoms with Crippen molar-refractivity contribution in [2.75, 3.05) is 0 Å². The summed E-state index contributed by atoms with van der Waals surface area (Å²) in [5, 5.41) is 19.4. The van der Waals surface area contributed by atoms with Crippen LogP contribution in [0.3, 0.4) is 0 Å². The Morgan fingerprint density at radius 3 is 2.85 bits per heavy atom. The van der Waals surface area contributed by atoms with Crippen LogP contribution in [0.5, 0.6) is 0 Å². The van der Waals surface area contributed by atoms with Crippen LogP contribution in [0.15, 0.2) is 65.7 Å². The highest BCUT2D eigenvalue weighted by Crippen LogP contribution is 2.53. The molecule has 3 nitrogen and oxygen atoms in total. The van der Waals surface area contributed by atoms with Gasteiger partial charge in [0.25, 0.3) is 0 Å². The maximum Gasteiger partial charge on any atom is 0.0807 e. The van der Waals surface area contributed by atoms with Crippen LogP contribution in [-0.4, -0.2) is 14.9 Å². The molecule has 0 saturated heterocycles. The molecule has 1 saturated carbocycles. The zero-order valence-electron chi connectivity index (χ0n) is 19.3. The fourth-order valence-electron chi connectivity index (χ4n) is 6.07. The maximum atomic E-state index is 11.3. The quantitative estimate of drug-likeness (QED) is 0.352. The fraction of sp³-hybridized carbons (Fsp3) is 0.345. The molecule has 0 radical (unpaired) electrons. The molecule has 2 heterocycles. The van der Waals surface area contributed by atoms with E-state index in [1.807, 2.05) is 0 Å². The molecule has 33 heavy (non-hydrogen) atoms. The molecule has 4 heteroatoms. The molecule has 0 aliphatic heterocycles. The number of allylic oxidation sites excluding steroid dienone is 1. The molecule has 0 unspecified atom stereocenters. The smallest absolute Gasteiger partial charge is 0.0807 e. The van der Waals surface area contributed by atoms with Crippen molar-refractivity contribution in [2.45, 2.75) is 52.1 Å². The molecule has 0 spiro atoms. The minimum absolute atomic E-state index is 0.0825. The summed E-state index contributed by atoms with van der Waals surface area (Å²) in [7, 11) is 0. The molecule has 2 aromatic carbocycles. The van der Waals surface area contributed by atoms with Gasteiger partial charge in [-0.2, -0.15) is 5.10 Å². The van der Waals surface area contributed by atoms with Gasteiger partial charge in [0, 0.05) is 4.70 Å². The Bertz CT molecular complexity index is 1350. The lowest BCUT2D eigenvalue weighted by molar-refractivity contribution is 0.0843. The summed E-state index contributed by atoms with van der Waals surface area (Å²) < 4.78 is 3.35. The van der Waals surface area contributed by atoms with Gasteiger partial charge in [-0.25, -0.2) is 4.68 Å². The summed E-state index contributed by atoms with van der Waals surface area (Å²) in [6, 6.07) is 17.0. The second-order valence-electron chi connectivity index (χ2n) is 10.1. The van der Waals surface area contributed by atoms with Gasteiger partial charge in [0.05, 0.1) is 23.7 Å². The highest BCUT2D eigenvalue weighted by atomic mass is 32.1.